The highest BCUT2D eigenvalue weighted by atomic mass is 16.2. The number of nitrogens with zero attached hydrogens (tertiary/aromatic N) is 1. The fourth-order valence-electron chi connectivity index (χ4n) is 1.89. The molecule has 0 spiro atoms. The number of benzene rings is 1. The predicted molar refractivity (Wildman–Crippen MR) is 60.5 cm³/mol. The number of nitrogens with two attached hydrogens (primary N) is 2. The minimum absolute atomic E-state index is 0.0538. The number of rotatable bonds is 1. The van der Waals surface area contributed by atoms with Crippen molar-refractivity contribution in [2.75, 3.05) is 17.2 Å². The fourth-order valence-corrected chi connectivity index (χ4v) is 1.89. The number of amides is 1. The van der Waals surface area contributed by atoms with Crippen LogP contribution in [0.3, 0.4) is 0 Å². The van der Waals surface area contributed by atoms with E-state index in [0.29, 0.717) is 18.7 Å². The maximum absolute atomic E-state index is 11.6. The number of hydrogen-bond donors (Lipinski definition) is 2. The molecule has 1 aliphatic heterocycles. The molecule has 4 nitrogen and oxygen atoms in total. The third-order valence-electron chi connectivity index (χ3n) is 2.63. The van der Waals surface area contributed by atoms with Crippen LogP contribution < -0.4 is 16.4 Å². The van der Waals surface area contributed by atoms with E-state index >= 15 is 0 Å². The van der Waals surface area contributed by atoms with Crippen molar-refractivity contribution in [3.05, 3.63) is 23.8 Å². The molecule has 1 atom stereocenters. The predicted octanol–water partition coefficient (Wildman–Crippen LogP) is 0.641. The van der Waals surface area contributed by atoms with Crippen molar-refractivity contribution >= 4 is 17.3 Å². The first-order valence-electron chi connectivity index (χ1n) is 5.00. The Kier molecular flexibility index (Phi) is 2.36. The van der Waals surface area contributed by atoms with E-state index in [0.717, 1.165) is 11.3 Å². The molecule has 0 radical (unpaired) electrons. The van der Waals surface area contributed by atoms with Crippen molar-refractivity contribution in [2.24, 2.45) is 5.73 Å². The highest BCUT2D eigenvalue weighted by Gasteiger charge is 2.28. The number of hydrogen-bond acceptors (Lipinski definition) is 3. The third kappa shape index (κ3) is 1.80. The second kappa shape index (κ2) is 3.55. The molecule has 80 valence electrons. The fraction of sp³-hybridized carbons (Fsp3) is 0.364. The summed E-state index contributed by atoms with van der Waals surface area (Å²) in [5.41, 5.74) is 14.1. The molecule has 2 rings (SSSR count). The van der Waals surface area contributed by atoms with Gasteiger partial charge in [-0.2, -0.15) is 0 Å². The molecule has 1 fully saturated rings. The average molecular weight is 205 g/mol. The second-order valence-corrected chi connectivity index (χ2v) is 4.03. The molecule has 1 aliphatic rings. The average Bonchev–Trinajstić information content (AvgIpc) is 2.45. The van der Waals surface area contributed by atoms with Crippen LogP contribution >= 0.6 is 0 Å². The van der Waals surface area contributed by atoms with Gasteiger partial charge < -0.3 is 16.4 Å². The summed E-state index contributed by atoms with van der Waals surface area (Å²) in [7, 11) is 0. The first kappa shape index (κ1) is 9.98. The molecule has 4 heteroatoms. The Morgan fingerprint density at radius 3 is 2.73 bits per heavy atom. The lowest BCUT2D eigenvalue weighted by Gasteiger charge is -2.18. The Hall–Kier alpha value is -1.55. The van der Waals surface area contributed by atoms with Crippen molar-refractivity contribution < 1.29 is 4.79 Å². The summed E-state index contributed by atoms with van der Waals surface area (Å²) < 4.78 is 0. The molecule has 1 aromatic carbocycles. The van der Waals surface area contributed by atoms with Gasteiger partial charge in [0.05, 0.1) is 11.4 Å². The summed E-state index contributed by atoms with van der Waals surface area (Å²) in [6, 6.07) is 5.62. The smallest absolute Gasteiger partial charge is 0.228 e. The van der Waals surface area contributed by atoms with Gasteiger partial charge in [-0.3, -0.25) is 4.79 Å². The maximum atomic E-state index is 11.6. The molecule has 1 heterocycles. The van der Waals surface area contributed by atoms with Gasteiger partial charge >= 0.3 is 0 Å². The van der Waals surface area contributed by atoms with E-state index in [4.69, 9.17) is 11.5 Å². The lowest BCUT2D eigenvalue weighted by Crippen LogP contribution is -2.28. The SMILES string of the molecule is Cc1ccc(N2CC(N)CC2=O)c(N)c1. The van der Waals surface area contributed by atoms with E-state index in [1.807, 2.05) is 25.1 Å². The number of carbonyl (C=O) groups excluding carboxylic acids is 1. The van der Waals surface area contributed by atoms with Gasteiger partial charge in [-0.1, -0.05) is 6.07 Å². The van der Waals surface area contributed by atoms with Crippen LogP contribution in [0.2, 0.25) is 0 Å². The molecule has 1 saturated heterocycles. The number of nitrogen functional groups attached to an aromatic ring is 1. The molecule has 15 heavy (non-hydrogen) atoms. The van der Waals surface area contributed by atoms with Gasteiger partial charge in [0.1, 0.15) is 0 Å². The van der Waals surface area contributed by atoms with Crippen molar-refractivity contribution in [3.8, 4) is 0 Å². The molecular formula is C11H15N3O. The lowest BCUT2D eigenvalue weighted by atomic mass is 10.2. The van der Waals surface area contributed by atoms with Gasteiger partial charge in [-0.15, -0.1) is 0 Å². The quantitative estimate of drug-likeness (QED) is 0.661. The molecule has 1 aromatic rings. The van der Waals surface area contributed by atoms with Crippen molar-refractivity contribution in [2.45, 2.75) is 19.4 Å². The van der Waals surface area contributed by atoms with Crippen molar-refractivity contribution in [1.29, 1.82) is 0 Å². The molecule has 0 aliphatic carbocycles. The third-order valence-corrected chi connectivity index (χ3v) is 2.63. The van der Waals surface area contributed by atoms with E-state index in [-0.39, 0.29) is 11.9 Å². The Bertz CT molecular complexity index is 403. The van der Waals surface area contributed by atoms with E-state index < -0.39 is 0 Å². The van der Waals surface area contributed by atoms with Crippen LogP contribution in [0.5, 0.6) is 0 Å². The zero-order chi connectivity index (χ0) is 11.0. The minimum atomic E-state index is -0.0711. The maximum Gasteiger partial charge on any atom is 0.228 e. The van der Waals surface area contributed by atoms with Gasteiger partial charge in [0, 0.05) is 19.0 Å². The Morgan fingerprint density at radius 2 is 2.20 bits per heavy atom. The van der Waals surface area contributed by atoms with Crippen LogP contribution in [0.15, 0.2) is 18.2 Å². The number of aryl methyl sites for hydroxylation is 1. The molecular weight excluding hydrogens is 190 g/mol. The largest absolute Gasteiger partial charge is 0.397 e. The number of anilines is 2. The highest BCUT2D eigenvalue weighted by molar-refractivity contribution is 5.98. The van der Waals surface area contributed by atoms with E-state index in [2.05, 4.69) is 0 Å². The van der Waals surface area contributed by atoms with E-state index in [1.54, 1.807) is 4.90 Å². The van der Waals surface area contributed by atoms with Crippen LogP contribution in [-0.4, -0.2) is 18.5 Å². The Morgan fingerprint density at radius 1 is 1.47 bits per heavy atom. The minimum Gasteiger partial charge on any atom is -0.397 e. The van der Waals surface area contributed by atoms with Crippen molar-refractivity contribution in [3.63, 3.8) is 0 Å². The monoisotopic (exact) mass is 205 g/mol. The Labute approximate surface area is 88.9 Å². The zero-order valence-electron chi connectivity index (χ0n) is 8.73. The molecule has 4 N–H and O–H groups in total. The molecule has 1 amide bonds. The van der Waals surface area contributed by atoms with E-state index in [9.17, 15) is 4.79 Å². The second-order valence-electron chi connectivity index (χ2n) is 4.03. The van der Waals surface area contributed by atoms with Gasteiger partial charge in [0.25, 0.3) is 0 Å². The highest BCUT2D eigenvalue weighted by Crippen LogP contribution is 2.27. The summed E-state index contributed by atoms with van der Waals surface area (Å²) in [6.45, 7) is 2.53. The zero-order valence-corrected chi connectivity index (χ0v) is 8.73. The van der Waals surface area contributed by atoms with Crippen LogP contribution in [0.1, 0.15) is 12.0 Å². The summed E-state index contributed by atoms with van der Waals surface area (Å²) >= 11 is 0. The summed E-state index contributed by atoms with van der Waals surface area (Å²) in [5, 5.41) is 0. The van der Waals surface area contributed by atoms with Crippen LogP contribution in [0, 0.1) is 6.92 Å². The van der Waals surface area contributed by atoms with Crippen LogP contribution in [-0.2, 0) is 4.79 Å². The van der Waals surface area contributed by atoms with E-state index in [1.165, 1.54) is 0 Å². The molecule has 1 unspecified atom stereocenters. The van der Waals surface area contributed by atoms with Gasteiger partial charge in [-0.25, -0.2) is 0 Å². The standard InChI is InChI=1S/C11H15N3O/c1-7-2-3-10(9(13)4-7)14-6-8(12)5-11(14)15/h2-4,8H,5-6,12-13H2,1H3. The summed E-state index contributed by atoms with van der Waals surface area (Å²) in [6.07, 6.45) is 0.410. The first-order valence-corrected chi connectivity index (χ1v) is 5.00. The van der Waals surface area contributed by atoms with Crippen molar-refractivity contribution in [1.82, 2.24) is 0 Å². The van der Waals surface area contributed by atoms with Gasteiger partial charge in [0.2, 0.25) is 5.91 Å². The van der Waals surface area contributed by atoms with Gasteiger partial charge in [-0.05, 0) is 24.6 Å². The Balaban J connectivity index is 2.34. The molecule has 0 saturated carbocycles. The molecule has 0 aromatic heterocycles. The molecule has 0 bridgehead atoms. The summed E-state index contributed by atoms with van der Waals surface area (Å²) in [5.74, 6) is 0.0538. The van der Waals surface area contributed by atoms with Crippen LogP contribution in [0.25, 0.3) is 0 Å². The number of carbonyl (C=O) groups is 1. The topological polar surface area (TPSA) is 72.3 Å². The first-order chi connectivity index (χ1) is 7.08. The lowest BCUT2D eigenvalue weighted by molar-refractivity contribution is -0.117. The normalized spacial score (nSPS) is 21.1. The summed E-state index contributed by atoms with van der Waals surface area (Å²) in [4.78, 5) is 13.3. The van der Waals surface area contributed by atoms with Gasteiger partial charge in [0.15, 0.2) is 0 Å². The van der Waals surface area contributed by atoms with Crippen LogP contribution in [0.4, 0.5) is 11.4 Å².